The predicted octanol–water partition coefficient (Wildman–Crippen LogP) is 1.27. The second kappa shape index (κ2) is 7.86. The molecule has 152 valence electrons. The van der Waals surface area contributed by atoms with Gasteiger partial charge in [-0.15, -0.1) is 0 Å². The number of carbonyl (C=O) groups is 1. The molecule has 0 aliphatic carbocycles. The summed E-state index contributed by atoms with van der Waals surface area (Å²) >= 11 is 0. The molecule has 2 aliphatic rings. The van der Waals surface area contributed by atoms with E-state index in [4.69, 9.17) is 9.26 Å². The Balaban J connectivity index is 1.20. The first kappa shape index (κ1) is 18.9. The number of nitrogens with zero attached hydrogens (tertiary/aromatic N) is 6. The van der Waals surface area contributed by atoms with E-state index in [9.17, 15) is 4.79 Å². The van der Waals surface area contributed by atoms with Gasteiger partial charge in [-0.05, 0) is 6.42 Å². The van der Waals surface area contributed by atoms with Crippen LogP contribution in [0.5, 0.6) is 0 Å². The van der Waals surface area contributed by atoms with Gasteiger partial charge in [0.05, 0.1) is 31.8 Å². The molecule has 1 atom stereocenters. The molecule has 4 rings (SSSR count). The zero-order chi connectivity index (χ0) is 19.7. The quantitative estimate of drug-likeness (QED) is 0.792. The van der Waals surface area contributed by atoms with Gasteiger partial charge >= 0.3 is 6.03 Å². The zero-order valence-corrected chi connectivity index (χ0v) is 16.6. The molecule has 1 unspecified atom stereocenters. The molecule has 0 bridgehead atoms. The van der Waals surface area contributed by atoms with Gasteiger partial charge < -0.3 is 19.5 Å². The third kappa shape index (κ3) is 4.01. The van der Waals surface area contributed by atoms with Crippen molar-refractivity contribution in [2.75, 3.05) is 13.1 Å². The van der Waals surface area contributed by atoms with Crippen molar-refractivity contribution in [3.05, 3.63) is 23.4 Å². The molecule has 2 amide bonds. The van der Waals surface area contributed by atoms with E-state index in [2.05, 4.69) is 39.4 Å². The van der Waals surface area contributed by atoms with Crippen LogP contribution in [0.15, 0.2) is 4.52 Å². The van der Waals surface area contributed by atoms with Crippen molar-refractivity contribution in [3.8, 4) is 0 Å². The molecule has 0 radical (unpaired) electrons. The summed E-state index contributed by atoms with van der Waals surface area (Å²) in [6.07, 6.45) is 2.45. The van der Waals surface area contributed by atoms with Gasteiger partial charge in [0.1, 0.15) is 12.4 Å². The number of likely N-dealkylation sites (tertiary alicyclic amines) is 1. The van der Waals surface area contributed by atoms with Crippen molar-refractivity contribution < 1.29 is 14.1 Å². The standard InChI is InChI=1S/C18H27N7O3/c1-4-14-20-16(28-23-14)10-27-13-8-24(9-13)18(26)19-12-5-6-15-21-17(11(2)3)22-25(15)7-12/h11-13H,4-10H2,1-3H3,(H,19,26). The maximum Gasteiger partial charge on any atom is 0.317 e. The van der Waals surface area contributed by atoms with Gasteiger partial charge in [-0.25, -0.2) is 14.5 Å². The molecule has 2 aliphatic heterocycles. The summed E-state index contributed by atoms with van der Waals surface area (Å²) in [5.41, 5.74) is 0. The minimum absolute atomic E-state index is 0.00426. The van der Waals surface area contributed by atoms with Gasteiger partial charge in [0.25, 0.3) is 5.89 Å². The Morgan fingerprint density at radius 1 is 1.32 bits per heavy atom. The number of nitrogens with one attached hydrogen (secondary N) is 1. The molecule has 4 heterocycles. The summed E-state index contributed by atoms with van der Waals surface area (Å²) in [6, 6.07) is 0.0242. The van der Waals surface area contributed by atoms with Gasteiger partial charge in [-0.3, -0.25) is 0 Å². The number of rotatable bonds is 6. The second-order valence-corrected chi connectivity index (χ2v) is 7.70. The molecule has 28 heavy (non-hydrogen) atoms. The summed E-state index contributed by atoms with van der Waals surface area (Å²) in [5.74, 6) is 3.35. The number of aryl methyl sites for hydroxylation is 2. The number of amides is 2. The van der Waals surface area contributed by atoms with Crippen LogP contribution in [0.3, 0.4) is 0 Å². The zero-order valence-electron chi connectivity index (χ0n) is 16.6. The van der Waals surface area contributed by atoms with Crippen LogP contribution in [0.4, 0.5) is 4.79 Å². The highest BCUT2D eigenvalue weighted by Crippen LogP contribution is 2.18. The largest absolute Gasteiger partial charge is 0.365 e. The van der Waals surface area contributed by atoms with Crippen LogP contribution in [-0.2, 0) is 30.7 Å². The highest BCUT2D eigenvalue weighted by Gasteiger charge is 2.33. The van der Waals surface area contributed by atoms with Crippen LogP contribution in [0, 0.1) is 0 Å². The van der Waals surface area contributed by atoms with E-state index in [0.29, 0.717) is 37.3 Å². The lowest BCUT2D eigenvalue weighted by atomic mass is 10.1. The fourth-order valence-corrected chi connectivity index (χ4v) is 3.35. The van der Waals surface area contributed by atoms with Gasteiger partial charge in [-0.2, -0.15) is 10.1 Å². The Labute approximate surface area is 163 Å². The number of aromatic nitrogens is 5. The van der Waals surface area contributed by atoms with Crippen LogP contribution in [0.2, 0.25) is 0 Å². The lowest BCUT2D eigenvalue weighted by Gasteiger charge is -2.39. The molecule has 0 spiro atoms. The van der Waals surface area contributed by atoms with E-state index in [1.165, 1.54) is 0 Å². The van der Waals surface area contributed by atoms with Gasteiger partial charge in [0, 0.05) is 18.8 Å². The summed E-state index contributed by atoms with van der Waals surface area (Å²) in [5, 5.41) is 11.5. The highest BCUT2D eigenvalue weighted by atomic mass is 16.5. The Morgan fingerprint density at radius 3 is 2.86 bits per heavy atom. The van der Waals surface area contributed by atoms with Crippen molar-refractivity contribution in [1.82, 2.24) is 35.1 Å². The molecule has 1 saturated heterocycles. The van der Waals surface area contributed by atoms with E-state index in [0.717, 1.165) is 30.9 Å². The molecule has 0 saturated carbocycles. The lowest BCUT2D eigenvalue weighted by Crippen LogP contribution is -2.59. The van der Waals surface area contributed by atoms with E-state index in [1.807, 2.05) is 11.6 Å². The summed E-state index contributed by atoms with van der Waals surface area (Å²) in [6.45, 7) is 8.23. The Morgan fingerprint density at radius 2 is 2.14 bits per heavy atom. The molecule has 2 aromatic heterocycles. The fraction of sp³-hybridized carbons (Fsp3) is 0.722. The van der Waals surface area contributed by atoms with Crippen molar-refractivity contribution in [1.29, 1.82) is 0 Å². The van der Waals surface area contributed by atoms with Crippen molar-refractivity contribution >= 4 is 6.03 Å². The van der Waals surface area contributed by atoms with Crippen LogP contribution >= 0.6 is 0 Å². The smallest absolute Gasteiger partial charge is 0.317 e. The minimum Gasteiger partial charge on any atom is -0.365 e. The molecule has 0 aromatic carbocycles. The number of urea groups is 1. The summed E-state index contributed by atoms with van der Waals surface area (Å²) < 4.78 is 12.8. The first-order valence-corrected chi connectivity index (χ1v) is 9.94. The predicted molar refractivity (Wildman–Crippen MR) is 98.6 cm³/mol. The number of fused-ring (bicyclic) bond motifs is 1. The van der Waals surface area contributed by atoms with E-state index >= 15 is 0 Å². The Kier molecular flexibility index (Phi) is 5.29. The average molecular weight is 389 g/mol. The molecular weight excluding hydrogens is 362 g/mol. The first-order chi connectivity index (χ1) is 13.5. The third-order valence-electron chi connectivity index (χ3n) is 5.12. The van der Waals surface area contributed by atoms with Gasteiger partial charge in [0.2, 0.25) is 0 Å². The van der Waals surface area contributed by atoms with Gasteiger partial charge in [0.15, 0.2) is 11.6 Å². The Hall–Kier alpha value is -2.49. The van der Waals surface area contributed by atoms with Crippen LogP contribution in [-0.4, -0.2) is 61.1 Å². The van der Waals surface area contributed by atoms with Crippen molar-refractivity contribution in [2.24, 2.45) is 0 Å². The normalized spacial score (nSPS) is 19.6. The molecule has 1 fully saturated rings. The number of hydrogen-bond acceptors (Lipinski definition) is 7. The van der Waals surface area contributed by atoms with Gasteiger partial charge in [-0.1, -0.05) is 25.9 Å². The highest BCUT2D eigenvalue weighted by molar-refractivity contribution is 5.75. The topological polar surface area (TPSA) is 111 Å². The number of hydrogen-bond donors (Lipinski definition) is 1. The van der Waals surface area contributed by atoms with Crippen LogP contribution in [0.1, 0.15) is 56.5 Å². The molecule has 10 nitrogen and oxygen atoms in total. The minimum atomic E-state index is -0.0523. The van der Waals surface area contributed by atoms with Crippen molar-refractivity contribution in [2.45, 2.75) is 71.2 Å². The maximum absolute atomic E-state index is 12.5. The number of carbonyl (C=O) groups excluding carboxylic acids is 1. The van der Waals surface area contributed by atoms with E-state index < -0.39 is 0 Å². The van der Waals surface area contributed by atoms with Crippen LogP contribution < -0.4 is 5.32 Å². The first-order valence-electron chi connectivity index (χ1n) is 9.94. The van der Waals surface area contributed by atoms with E-state index in [1.54, 1.807) is 4.90 Å². The molecular formula is C18H27N7O3. The molecule has 2 aromatic rings. The fourth-order valence-electron chi connectivity index (χ4n) is 3.35. The summed E-state index contributed by atoms with van der Waals surface area (Å²) in [4.78, 5) is 23.0. The molecule has 10 heteroatoms. The van der Waals surface area contributed by atoms with Crippen LogP contribution in [0.25, 0.3) is 0 Å². The summed E-state index contributed by atoms with van der Waals surface area (Å²) in [7, 11) is 0. The lowest BCUT2D eigenvalue weighted by molar-refractivity contribution is -0.0520. The SMILES string of the molecule is CCc1noc(COC2CN(C(=O)NC3CCc4nc(C(C)C)nn4C3)C2)n1. The Bertz CT molecular complexity index is 825. The third-order valence-corrected chi connectivity index (χ3v) is 5.12. The number of ether oxygens (including phenoxy) is 1. The maximum atomic E-state index is 12.5. The molecule has 1 N–H and O–H groups in total. The van der Waals surface area contributed by atoms with E-state index in [-0.39, 0.29) is 24.8 Å². The average Bonchev–Trinajstić information content (AvgIpc) is 3.26. The second-order valence-electron chi connectivity index (χ2n) is 7.70. The monoisotopic (exact) mass is 389 g/mol. The van der Waals surface area contributed by atoms with Crippen molar-refractivity contribution in [3.63, 3.8) is 0 Å².